The van der Waals surface area contributed by atoms with Gasteiger partial charge in [-0.15, -0.1) is 0 Å². The van der Waals surface area contributed by atoms with Crippen LogP contribution in [0.1, 0.15) is 50.5 Å². The van der Waals surface area contributed by atoms with E-state index in [1.54, 1.807) is 18.2 Å². The Morgan fingerprint density at radius 2 is 1.86 bits per heavy atom. The monoisotopic (exact) mass is 617 g/mol. The van der Waals surface area contributed by atoms with Crippen LogP contribution < -0.4 is 27.2 Å². The molecule has 1 aliphatic carbocycles. The molecule has 0 unspecified atom stereocenters. The van der Waals surface area contributed by atoms with E-state index in [1.807, 2.05) is 20.8 Å². The minimum atomic E-state index is -4.59. The van der Waals surface area contributed by atoms with Crippen molar-refractivity contribution in [1.29, 1.82) is 0 Å². The van der Waals surface area contributed by atoms with Crippen molar-refractivity contribution >= 4 is 45.4 Å². The van der Waals surface area contributed by atoms with Crippen molar-refractivity contribution in [3.05, 3.63) is 76.0 Å². The fraction of sp³-hybridized carbons (Fsp3) is 0.367. The quantitative estimate of drug-likeness (QED) is 0.216. The summed E-state index contributed by atoms with van der Waals surface area (Å²) < 4.78 is 41.4. The van der Waals surface area contributed by atoms with Crippen LogP contribution in [0, 0.1) is 6.92 Å². The second kappa shape index (κ2) is 15.0. The summed E-state index contributed by atoms with van der Waals surface area (Å²) in [5.74, 6) is 5.34. The number of anilines is 3. The highest BCUT2D eigenvalue weighted by Gasteiger charge is 2.34. The molecule has 0 spiro atoms. The van der Waals surface area contributed by atoms with Gasteiger partial charge < -0.3 is 16.4 Å². The summed E-state index contributed by atoms with van der Waals surface area (Å²) in [5, 5.41) is 6.95. The predicted molar refractivity (Wildman–Crippen MR) is 167 cm³/mol. The predicted octanol–water partition coefficient (Wildman–Crippen LogP) is 5.85. The van der Waals surface area contributed by atoms with Gasteiger partial charge in [-0.1, -0.05) is 42.9 Å². The number of likely N-dealkylation sites (tertiary alicyclic amines) is 1. The summed E-state index contributed by atoms with van der Waals surface area (Å²) >= 11 is 1.18. The smallest absolute Gasteiger partial charge is 0.396 e. The van der Waals surface area contributed by atoms with E-state index in [4.69, 9.17) is 11.6 Å². The maximum Gasteiger partial charge on any atom is 0.416 e. The maximum absolute atomic E-state index is 13.8. The summed E-state index contributed by atoms with van der Waals surface area (Å²) in [7, 11) is 0. The number of hydrazine groups is 1. The lowest BCUT2D eigenvalue weighted by molar-refractivity contribution is -0.114. The van der Waals surface area contributed by atoms with Crippen LogP contribution in [0.25, 0.3) is 5.70 Å². The fourth-order valence-corrected chi connectivity index (χ4v) is 5.30. The first-order valence-corrected chi connectivity index (χ1v) is 14.8. The van der Waals surface area contributed by atoms with Crippen molar-refractivity contribution in [1.82, 2.24) is 9.88 Å². The molecule has 0 saturated carbocycles. The van der Waals surface area contributed by atoms with Gasteiger partial charge in [-0.3, -0.25) is 19.5 Å². The van der Waals surface area contributed by atoms with Gasteiger partial charge in [0.25, 0.3) is 5.91 Å². The number of hydrogen-bond acceptors (Lipinski definition) is 8. The van der Waals surface area contributed by atoms with Crippen LogP contribution in [-0.4, -0.2) is 47.5 Å². The molecule has 9 nitrogen and oxygen atoms in total. The molecule has 1 aliphatic heterocycles. The number of aromatic nitrogens is 1. The van der Waals surface area contributed by atoms with E-state index in [-0.39, 0.29) is 17.9 Å². The van der Waals surface area contributed by atoms with Gasteiger partial charge in [0.05, 0.1) is 21.8 Å². The third-order valence-electron chi connectivity index (χ3n) is 6.57. The van der Waals surface area contributed by atoms with E-state index in [9.17, 15) is 22.8 Å². The summed E-state index contributed by atoms with van der Waals surface area (Å²) in [6.45, 7) is 9.34. The first-order valence-electron chi connectivity index (χ1n) is 14.0. The molecule has 1 saturated heterocycles. The van der Waals surface area contributed by atoms with Gasteiger partial charge in [0.15, 0.2) is 5.13 Å². The van der Waals surface area contributed by atoms with Gasteiger partial charge in [0.2, 0.25) is 5.91 Å². The summed E-state index contributed by atoms with van der Waals surface area (Å²) in [4.78, 5) is 31.2. The number of thiazole rings is 1. The normalized spacial score (nSPS) is 15.8. The Bertz CT molecular complexity index is 1440. The largest absolute Gasteiger partial charge is 0.416 e. The lowest BCUT2D eigenvalue weighted by atomic mass is 10.1. The fourth-order valence-electron chi connectivity index (χ4n) is 4.52. The lowest BCUT2D eigenvalue weighted by Crippen LogP contribution is -2.26. The third kappa shape index (κ3) is 9.53. The van der Waals surface area contributed by atoms with Crippen molar-refractivity contribution in [3.63, 3.8) is 0 Å². The topological polar surface area (TPSA) is 130 Å². The average molecular weight is 618 g/mol. The number of aryl methyl sites for hydroxylation is 1. The number of hydrogen-bond donors (Lipinski definition) is 4. The number of nitrogens with one attached hydrogen (secondary N) is 2. The van der Waals surface area contributed by atoms with E-state index >= 15 is 0 Å². The van der Waals surface area contributed by atoms with Gasteiger partial charge in [-0.05, 0) is 69.1 Å². The molecule has 0 bridgehead atoms. The van der Waals surface area contributed by atoms with Crippen molar-refractivity contribution in [3.8, 4) is 0 Å². The van der Waals surface area contributed by atoms with Crippen molar-refractivity contribution < 1.29 is 22.8 Å². The number of nitrogens with zero attached hydrogens (tertiary/aromatic N) is 3. The van der Waals surface area contributed by atoms with Gasteiger partial charge in [0, 0.05) is 37.1 Å². The molecule has 2 aromatic rings. The molecule has 0 radical (unpaired) electrons. The SMILES string of the molecule is CC.CC(=O)Nc1ncc(/C(N)=C/N(N)c2cc(NC(=O)C3=CCC(CN4CCCC4)=CC(C(F)(F)F)=C3)ccc2C)s1. The number of benzene rings is 1. The highest BCUT2D eigenvalue weighted by Crippen LogP contribution is 2.32. The Balaban J connectivity index is 0.00000248. The van der Waals surface area contributed by atoms with Crippen molar-refractivity contribution in [2.75, 3.05) is 35.3 Å². The van der Waals surface area contributed by atoms with Crippen molar-refractivity contribution in [2.24, 2.45) is 11.6 Å². The van der Waals surface area contributed by atoms with Crippen LogP contribution in [0.5, 0.6) is 0 Å². The van der Waals surface area contributed by atoms with E-state index in [0.29, 0.717) is 39.2 Å². The summed E-state index contributed by atoms with van der Waals surface area (Å²) in [6, 6.07) is 4.98. The highest BCUT2D eigenvalue weighted by atomic mass is 32.1. The molecular formula is C30H38F3N7O2S. The van der Waals surface area contributed by atoms with Crippen LogP contribution in [0.2, 0.25) is 0 Å². The number of carbonyl (C=O) groups excluding carboxylic acids is 2. The van der Waals surface area contributed by atoms with Crippen LogP contribution in [0.4, 0.5) is 29.7 Å². The van der Waals surface area contributed by atoms with Gasteiger partial charge in [0.1, 0.15) is 0 Å². The second-order valence-corrected chi connectivity index (χ2v) is 10.9. The Morgan fingerprint density at radius 1 is 1.16 bits per heavy atom. The summed E-state index contributed by atoms with van der Waals surface area (Å²) in [5.41, 5.74) is 7.79. The number of rotatable bonds is 8. The standard InChI is InChI=1S/C28H32F3N7O2S.C2H6/c1-17-5-8-22(13-24(17)38(33)16-23(32)25-14-34-27(41-25)35-18(2)39)36-26(40)20-7-6-19(15-37-9-3-4-10-37)11-21(12-20)28(29,30)31;1-2/h5,7-8,11-14,16H,3-4,6,9-10,15,32-33H2,1-2H3,(H,36,40)(H,34,35,39);1-2H3/b23-16-;. The van der Waals surface area contributed by atoms with Crippen LogP contribution in [-0.2, 0) is 9.59 Å². The van der Waals surface area contributed by atoms with Gasteiger partial charge in [-0.25, -0.2) is 10.8 Å². The van der Waals surface area contributed by atoms with Crippen LogP contribution >= 0.6 is 11.3 Å². The molecule has 1 aromatic carbocycles. The summed E-state index contributed by atoms with van der Waals surface area (Å²) in [6.07, 6.45) is 4.28. The molecule has 2 aliphatic rings. The van der Waals surface area contributed by atoms with E-state index in [0.717, 1.165) is 43.6 Å². The minimum absolute atomic E-state index is 0.0685. The third-order valence-corrected chi connectivity index (χ3v) is 7.53. The molecule has 2 amide bonds. The first-order chi connectivity index (χ1) is 20.4. The molecule has 43 heavy (non-hydrogen) atoms. The molecule has 4 rings (SSSR count). The van der Waals surface area contributed by atoms with E-state index < -0.39 is 17.7 Å². The molecule has 13 heteroatoms. The number of carbonyl (C=O) groups is 2. The number of alkyl halides is 3. The number of nitrogens with two attached hydrogens (primary N) is 2. The molecule has 232 valence electrons. The molecule has 0 atom stereocenters. The zero-order valence-corrected chi connectivity index (χ0v) is 25.5. The molecule has 1 aromatic heterocycles. The Morgan fingerprint density at radius 3 is 2.51 bits per heavy atom. The maximum atomic E-state index is 13.8. The second-order valence-electron chi connectivity index (χ2n) is 9.90. The van der Waals surface area contributed by atoms with Crippen molar-refractivity contribution in [2.45, 2.75) is 53.1 Å². The van der Waals surface area contributed by atoms with E-state index in [2.05, 4.69) is 20.5 Å². The molecule has 6 N–H and O–H groups in total. The van der Waals surface area contributed by atoms with Gasteiger partial charge in [-0.2, -0.15) is 13.2 Å². The zero-order valence-electron chi connectivity index (χ0n) is 24.7. The van der Waals surface area contributed by atoms with Gasteiger partial charge >= 0.3 is 6.18 Å². The Labute approximate surface area is 253 Å². The van der Waals surface area contributed by atoms with Crippen LogP contribution in [0.15, 0.2) is 65.5 Å². The Hall–Kier alpha value is -3.94. The molecule has 2 heterocycles. The number of amides is 2. The highest BCUT2D eigenvalue weighted by molar-refractivity contribution is 7.16. The minimum Gasteiger partial charge on any atom is -0.396 e. The number of halogens is 3. The molecular weight excluding hydrogens is 579 g/mol. The van der Waals surface area contributed by atoms with Crippen LogP contribution in [0.3, 0.4) is 0 Å². The average Bonchev–Trinajstić information content (AvgIpc) is 3.58. The molecule has 1 fully saturated rings. The van der Waals surface area contributed by atoms with E-state index in [1.165, 1.54) is 41.7 Å². The zero-order chi connectivity index (χ0) is 31.7. The first kappa shape index (κ1) is 33.6. The number of allylic oxidation sites excluding steroid dienone is 3. The lowest BCUT2D eigenvalue weighted by Gasteiger charge is -2.19. The Kier molecular flexibility index (Phi) is 11.7.